The van der Waals surface area contributed by atoms with Crippen LogP contribution in [0.15, 0.2) is 12.1 Å². The second-order valence-corrected chi connectivity index (χ2v) is 4.42. The van der Waals surface area contributed by atoms with Crippen LogP contribution in [-0.2, 0) is 4.79 Å². The van der Waals surface area contributed by atoms with Crippen molar-refractivity contribution in [1.29, 1.82) is 0 Å². The summed E-state index contributed by atoms with van der Waals surface area (Å²) in [4.78, 5) is 11.4. The molecule has 1 aromatic rings. The molecule has 0 radical (unpaired) electrons. The average molecular weight is 316 g/mol. The molecular weight excluding hydrogens is 301 g/mol. The maximum absolute atomic E-state index is 13.3. The van der Waals surface area contributed by atoms with E-state index in [1.807, 2.05) is 0 Å². The molecule has 7 heteroatoms. The molecule has 0 heterocycles. The van der Waals surface area contributed by atoms with E-state index >= 15 is 0 Å². The van der Waals surface area contributed by atoms with Gasteiger partial charge in [0, 0.05) is 5.02 Å². The summed E-state index contributed by atoms with van der Waals surface area (Å²) in [5.74, 6) is -0.743. The fourth-order valence-electron chi connectivity index (χ4n) is 1.40. The van der Waals surface area contributed by atoms with Gasteiger partial charge in [-0.2, -0.15) is 0 Å². The molecule has 2 N–H and O–H groups in total. The Bertz CT molecular complexity index is 429. The molecule has 0 saturated carbocycles. The number of benzene rings is 1. The predicted molar refractivity (Wildman–Crippen MR) is 74.2 cm³/mol. The first kappa shape index (κ1) is 17.4. The molecule has 0 aliphatic heterocycles. The number of halogens is 4. The lowest BCUT2D eigenvalue weighted by molar-refractivity contribution is -0.120. The highest BCUT2D eigenvalue weighted by Gasteiger charge is 2.15. The van der Waals surface area contributed by atoms with Gasteiger partial charge in [-0.3, -0.25) is 4.79 Å². The van der Waals surface area contributed by atoms with Gasteiger partial charge in [0.05, 0.1) is 17.6 Å². The summed E-state index contributed by atoms with van der Waals surface area (Å²) < 4.78 is 13.3. The van der Waals surface area contributed by atoms with Gasteiger partial charge < -0.3 is 10.6 Å². The second kappa shape index (κ2) is 7.79. The van der Waals surface area contributed by atoms with Crippen molar-refractivity contribution in [2.75, 3.05) is 13.6 Å². The first-order chi connectivity index (χ1) is 7.95. The third kappa shape index (κ3) is 4.61. The van der Waals surface area contributed by atoms with Crippen molar-refractivity contribution in [1.82, 2.24) is 10.6 Å². The summed E-state index contributed by atoms with van der Waals surface area (Å²) >= 11 is 11.5. The molecule has 1 unspecified atom stereocenters. The number of rotatable bonds is 4. The number of carbonyl (C=O) groups excluding carboxylic acids is 1. The summed E-state index contributed by atoms with van der Waals surface area (Å²) in [7, 11) is 1.67. The lowest BCUT2D eigenvalue weighted by atomic mass is 10.1. The quantitative estimate of drug-likeness (QED) is 0.839. The Kier molecular flexibility index (Phi) is 7.55. The van der Waals surface area contributed by atoms with Crippen LogP contribution in [0, 0.1) is 5.82 Å². The molecule has 102 valence electrons. The van der Waals surface area contributed by atoms with Crippen molar-refractivity contribution >= 4 is 41.5 Å². The number of carbonyl (C=O) groups is 1. The fraction of sp³-hybridized carbons (Fsp3) is 0.364. The second-order valence-electron chi connectivity index (χ2n) is 3.61. The highest BCUT2D eigenvalue weighted by atomic mass is 35.5. The van der Waals surface area contributed by atoms with E-state index in [4.69, 9.17) is 23.2 Å². The van der Waals surface area contributed by atoms with Crippen LogP contribution in [-0.4, -0.2) is 19.5 Å². The minimum Gasteiger partial charge on any atom is -0.348 e. The van der Waals surface area contributed by atoms with E-state index in [2.05, 4.69) is 10.6 Å². The molecule has 0 fully saturated rings. The van der Waals surface area contributed by atoms with Crippen LogP contribution in [0.5, 0.6) is 0 Å². The SMILES string of the molecule is CNCC(=O)NC(C)c1cc(F)c(Cl)cc1Cl.Cl. The van der Waals surface area contributed by atoms with E-state index in [0.29, 0.717) is 10.6 Å². The van der Waals surface area contributed by atoms with Crippen LogP contribution in [0.1, 0.15) is 18.5 Å². The zero-order valence-electron chi connectivity index (χ0n) is 9.89. The van der Waals surface area contributed by atoms with Gasteiger partial charge in [-0.1, -0.05) is 23.2 Å². The largest absolute Gasteiger partial charge is 0.348 e. The molecule has 0 aliphatic rings. The van der Waals surface area contributed by atoms with Gasteiger partial charge in [0.25, 0.3) is 0 Å². The van der Waals surface area contributed by atoms with Crippen LogP contribution in [0.3, 0.4) is 0 Å². The molecule has 18 heavy (non-hydrogen) atoms. The number of amides is 1. The first-order valence-corrected chi connectivity index (χ1v) is 5.79. The van der Waals surface area contributed by atoms with Gasteiger partial charge >= 0.3 is 0 Å². The van der Waals surface area contributed by atoms with Crippen molar-refractivity contribution < 1.29 is 9.18 Å². The maximum atomic E-state index is 13.3. The molecule has 0 saturated heterocycles. The molecule has 1 rings (SSSR count). The Balaban J connectivity index is 0.00000289. The number of likely N-dealkylation sites (N-methyl/N-ethyl adjacent to an activating group) is 1. The number of hydrogen-bond donors (Lipinski definition) is 2. The molecule has 1 amide bonds. The minimum atomic E-state index is -0.555. The van der Waals surface area contributed by atoms with Crippen LogP contribution < -0.4 is 10.6 Å². The van der Waals surface area contributed by atoms with Gasteiger partial charge in [0.15, 0.2) is 0 Å². The monoisotopic (exact) mass is 314 g/mol. The van der Waals surface area contributed by atoms with E-state index in [-0.39, 0.29) is 35.9 Å². The van der Waals surface area contributed by atoms with Gasteiger partial charge in [0.2, 0.25) is 5.91 Å². The Morgan fingerprint density at radius 2 is 2.00 bits per heavy atom. The minimum absolute atomic E-state index is 0. The Morgan fingerprint density at radius 1 is 1.39 bits per heavy atom. The van der Waals surface area contributed by atoms with Gasteiger partial charge in [-0.15, -0.1) is 12.4 Å². The van der Waals surface area contributed by atoms with Crippen molar-refractivity contribution in [3.63, 3.8) is 0 Å². The van der Waals surface area contributed by atoms with E-state index in [1.165, 1.54) is 12.1 Å². The molecular formula is C11H14Cl3FN2O. The summed E-state index contributed by atoms with van der Waals surface area (Å²) in [5, 5.41) is 5.70. The van der Waals surface area contributed by atoms with E-state index < -0.39 is 5.82 Å². The highest BCUT2D eigenvalue weighted by molar-refractivity contribution is 6.35. The molecule has 1 aromatic carbocycles. The number of hydrogen-bond acceptors (Lipinski definition) is 2. The third-order valence-electron chi connectivity index (χ3n) is 2.22. The summed E-state index contributed by atoms with van der Waals surface area (Å²) in [5.41, 5.74) is 0.498. The molecule has 3 nitrogen and oxygen atoms in total. The number of nitrogens with one attached hydrogen (secondary N) is 2. The molecule has 0 bridgehead atoms. The van der Waals surface area contributed by atoms with E-state index in [0.717, 1.165) is 0 Å². The highest BCUT2D eigenvalue weighted by Crippen LogP contribution is 2.28. The van der Waals surface area contributed by atoms with Crippen molar-refractivity contribution in [3.8, 4) is 0 Å². The predicted octanol–water partition coefficient (Wildman–Crippen LogP) is 2.95. The maximum Gasteiger partial charge on any atom is 0.234 e. The van der Waals surface area contributed by atoms with Crippen LogP contribution in [0.25, 0.3) is 0 Å². The standard InChI is InChI=1S/C11H13Cl2FN2O.ClH/c1-6(16-11(17)5-15-2)7-3-10(14)9(13)4-8(7)12;/h3-4,6,15H,5H2,1-2H3,(H,16,17);1H. The van der Waals surface area contributed by atoms with Crippen molar-refractivity contribution in [2.24, 2.45) is 0 Å². The van der Waals surface area contributed by atoms with Gasteiger partial charge in [-0.25, -0.2) is 4.39 Å². The average Bonchev–Trinajstić information content (AvgIpc) is 2.23. The van der Waals surface area contributed by atoms with Gasteiger partial charge in [0.1, 0.15) is 5.82 Å². The molecule has 0 aromatic heterocycles. The summed E-state index contributed by atoms with van der Waals surface area (Å²) in [6.07, 6.45) is 0. The first-order valence-electron chi connectivity index (χ1n) is 5.04. The normalized spacial score (nSPS) is 11.6. The Morgan fingerprint density at radius 3 is 2.56 bits per heavy atom. The third-order valence-corrected chi connectivity index (χ3v) is 2.84. The fourth-order valence-corrected chi connectivity index (χ4v) is 1.95. The summed E-state index contributed by atoms with van der Waals surface area (Å²) in [6.45, 7) is 1.92. The van der Waals surface area contributed by atoms with Crippen molar-refractivity contribution in [3.05, 3.63) is 33.6 Å². The van der Waals surface area contributed by atoms with E-state index in [9.17, 15) is 9.18 Å². The van der Waals surface area contributed by atoms with E-state index in [1.54, 1.807) is 14.0 Å². The molecule has 1 atom stereocenters. The lowest BCUT2D eigenvalue weighted by Gasteiger charge is -2.16. The van der Waals surface area contributed by atoms with Crippen LogP contribution in [0.2, 0.25) is 10.0 Å². The Labute approximate surface area is 121 Å². The smallest absolute Gasteiger partial charge is 0.234 e. The van der Waals surface area contributed by atoms with Crippen LogP contribution in [0.4, 0.5) is 4.39 Å². The molecule has 0 aliphatic carbocycles. The zero-order valence-corrected chi connectivity index (χ0v) is 12.2. The summed E-state index contributed by atoms with van der Waals surface area (Å²) in [6, 6.07) is 2.18. The lowest BCUT2D eigenvalue weighted by Crippen LogP contribution is -2.34. The zero-order chi connectivity index (χ0) is 13.0. The topological polar surface area (TPSA) is 41.1 Å². The molecule has 0 spiro atoms. The van der Waals surface area contributed by atoms with Crippen LogP contribution >= 0.6 is 35.6 Å². The van der Waals surface area contributed by atoms with Gasteiger partial charge in [-0.05, 0) is 31.7 Å². The Hall–Kier alpha value is -0.550. The van der Waals surface area contributed by atoms with Crippen molar-refractivity contribution in [2.45, 2.75) is 13.0 Å².